The predicted molar refractivity (Wildman–Crippen MR) is 158 cm³/mol. The third-order valence-corrected chi connectivity index (χ3v) is 9.48. The van der Waals surface area contributed by atoms with Gasteiger partial charge < -0.3 is 19.8 Å². The zero-order chi connectivity index (χ0) is 30.7. The van der Waals surface area contributed by atoms with Crippen LogP contribution in [-0.2, 0) is 6.42 Å². The van der Waals surface area contributed by atoms with Crippen LogP contribution in [0.2, 0.25) is 0 Å². The molecule has 0 aliphatic carbocycles. The number of hydrogen-bond donors (Lipinski definition) is 2. The molecule has 0 radical (unpaired) electrons. The molecule has 1 unspecified atom stereocenters. The first kappa shape index (κ1) is 29.0. The van der Waals surface area contributed by atoms with E-state index in [1.54, 1.807) is 11.8 Å². The van der Waals surface area contributed by atoms with Gasteiger partial charge >= 0.3 is 6.01 Å². The number of aromatic nitrogens is 3. The Bertz CT molecular complexity index is 1760. The highest BCUT2D eigenvalue weighted by atomic mass is 19.1. The third-order valence-electron chi connectivity index (χ3n) is 9.48. The number of ether oxygens (including phenoxy) is 1. The zero-order valence-electron chi connectivity index (χ0n) is 24.2. The molecular formula is C32H33F4N5O3. The second-order valence-electron chi connectivity index (χ2n) is 12.2. The number of aromatic hydroxyl groups is 1. The molecule has 0 amide bonds. The Morgan fingerprint density at radius 3 is 2.75 bits per heavy atom. The van der Waals surface area contributed by atoms with Crippen molar-refractivity contribution in [2.75, 3.05) is 37.7 Å². The molecule has 4 atom stereocenters. The first-order valence-corrected chi connectivity index (χ1v) is 15.1. The highest BCUT2D eigenvalue weighted by molar-refractivity contribution is 6.01. The number of aryl methyl sites for hydroxylation is 1. The summed E-state index contributed by atoms with van der Waals surface area (Å²) in [5.41, 5.74) is -0.278. The number of phenolic OH excluding ortho intramolecular Hbond substituents is 1. The van der Waals surface area contributed by atoms with Crippen molar-refractivity contribution in [1.29, 1.82) is 0 Å². The molecule has 3 saturated heterocycles. The van der Waals surface area contributed by atoms with Crippen molar-refractivity contribution in [3.05, 3.63) is 47.7 Å². The molecule has 232 valence electrons. The van der Waals surface area contributed by atoms with Crippen LogP contribution >= 0.6 is 0 Å². The second kappa shape index (κ2) is 11.0. The number of phenols is 1. The zero-order valence-corrected chi connectivity index (χ0v) is 24.2. The van der Waals surface area contributed by atoms with Gasteiger partial charge in [-0.2, -0.15) is 9.97 Å². The molecule has 44 heavy (non-hydrogen) atoms. The number of aliphatic hydroxyl groups is 1. The molecule has 2 aromatic carbocycles. The van der Waals surface area contributed by atoms with Crippen LogP contribution in [0.4, 0.5) is 23.4 Å². The minimum absolute atomic E-state index is 0.0717. The monoisotopic (exact) mass is 611 g/mol. The van der Waals surface area contributed by atoms with Crippen LogP contribution in [0, 0.1) is 11.6 Å². The topological polar surface area (TPSA) is 94.8 Å². The second-order valence-corrected chi connectivity index (χ2v) is 12.2. The number of pyridine rings is 1. The Balaban J connectivity index is 1.39. The molecule has 2 aromatic heterocycles. The fourth-order valence-corrected chi connectivity index (χ4v) is 7.46. The fraction of sp³-hybridized carbons (Fsp3) is 0.469. The number of aliphatic hydroxyl groups excluding tert-OH is 1. The lowest BCUT2D eigenvalue weighted by Gasteiger charge is -2.31. The molecule has 12 heteroatoms. The van der Waals surface area contributed by atoms with Crippen LogP contribution in [0.25, 0.3) is 32.9 Å². The summed E-state index contributed by atoms with van der Waals surface area (Å²) >= 11 is 0. The summed E-state index contributed by atoms with van der Waals surface area (Å²) in [6.45, 7) is 2.57. The highest BCUT2D eigenvalue weighted by Gasteiger charge is 2.49. The molecule has 3 aliphatic rings. The molecule has 0 saturated carbocycles. The van der Waals surface area contributed by atoms with Crippen LogP contribution in [0.3, 0.4) is 0 Å². The summed E-state index contributed by atoms with van der Waals surface area (Å²) in [5.74, 6) is -1.29. The van der Waals surface area contributed by atoms with Gasteiger partial charge in [0, 0.05) is 31.1 Å². The Labute approximate surface area is 251 Å². The van der Waals surface area contributed by atoms with E-state index in [4.69, 9.17) is 4.74 Å². The van der Waals surface area contributed by atoms with Gasteiger partial charge in [0.15, 0.2) is 5.82 Å². The average Bonchev–Trinajstić information content (AvgIpc) is 3.67. The number of halogens is 4. The SMILES string of the molecule is CCc1c(F)ccc2cc(O)cc(-c3ncc4c(N5C[C@@H](F)C[C@H]5CO)nc(OCC56CCCN5C[C@H](F)C6)nc4c3F)c12. The van der Waals surface area contributed by atoms with Crippen molar-refractivity contribution < 1.29 is 32.5 Å². The van der Waals surface area contributed by atoms with Crippen molar-refractivity contribution >= 4 is 27.5 Å². The van der Waals surface area contributed by atoms with Gasteiger partial charge in [-0.1, -0.05) is 13.0 Å². The standard InChI is InChI=1S/C32H33F4N5O3/c1-2-22-25(35)5-4-17-8-21(43)10-23(26(17)22)28-27(36)29-24(12-37-28)30(41-14-18(33)9-20(41)15-42)39-31(38-29)44-16-32-6-3-7-40(32)13-19(34)11-32/h4-5,8,10,12,18-20,42-43H,2-3,6-7,9,11,13-16H2,1H3/t18-,19+,20-,32?/m0/s1. The van der Waals surface area contributed by atoms with Crippen molar-refractivity contribution in [2.45, 2.75) is 63.0 Å². The third kappa shape index (κ3) is 4.70. The molecule has 0 bridgehead atoms. The van der Waals surface area contributed by atoms with E-state index in [9.17, 15) is 23.4 Å². The van der Waals surface area contributed by atoms with Gasteiger partial charge in [0.05, 0.1) is 30.1 Å². The maximum absolute atomic E-state index is 16.7. The molecule has 0 spiro atoms. The highest BCUT2D eigenvalue weighted by Crippen LogP contribution is 2.42. The molecular weight excluding hydrogens is 578 g/mol. The quantitative estimate of drug-likeness (QED) is 0.274. The van der Waals surface area contributed by atoms with E-state index in [1.807, 2.05) is 0 Å². The lowest BCUT2D eigenvalue weighted by molar-refractivity contribution is 0.107. The van der Waals surface area contributed by atoms with Gasteiger partial charge in [0.1, 0.15) is 47.5 Å². The molecule has 2 N–H and O–H groups in total. The number of anilines is 1. The maximum atomic E-state index is 16.7. The first-order chi connectivity index (χ1) is 21.2. The van der Waals surface area contributed by atoms with Crippen LogP contribution in [-0.4, -0.2) is 86.8 Å². The van der Waals surface area contributed by atoms with Crippen molar-refractivity contribution in [3.63, 3.8) is 0 Å². The molecule has 5 heterocycles. The number of hydrogen-bond acceptors (Lipinski definition) is 8. The summed E-state index contributed by atoms with van der Waals surface area (Å²) in [6, 6.07) is 4.89. The number of fused-ring (bicyclic) bond motifs is 3. The van der Waals surface area contributed by atoms with Gasteiger partial charge in [-0.3, -0.25) is 9.88 Å². The van der Waals surface area contributed by atoms with E-state index in [0.717, 1.165) is 19.4 Å². The van der Waals surface area contributed by atoms with E-state index in [1.165, 1.54) is 30.5 Å². The summed E-state index contributed by atoms with van der Waals surface area (Å²) in [6.07, 6.45) is 1.54. The number of nitrogens with zero attached hydrogens (tertiary/aromatic N) is 5. The van der Waals surface area contributed by atoms with Gasteiger partial charge in [0.25, 0.3) is 0 Å². The Morgan fingerprint density at radius 2 is 1.95 bits per heavy atom. The van der Waals surface area contributed by atoms with E-state index >= 15 is 4.39 Å². The average molecular weight is 612 g/mol. The van der Waals surface area contributed by atoms with Gasteiger partial charge in [-0.05, 0) is 60.3 Å². The molecule has 3 fully saturated rings. The van der Waals surface area contributed by atoms with Gasteiger partial charge in [-0.25, -0.2) is 17.6 Å². The van der Waals surface area contributed by atoms with Crippen molar-refractivity contribution in [2.24, 2.45) is 0 Å². The summed E-state index contributed by atoms with van der Waals surface area (Å²) in [4.78, 5) is 17.1. The predicted octanol–water partition coefficient (Wildman–Crippen LogP) is 5.26. The molecule has 3 aliphatic heterocycles. The van der Waals surface area contributed by atoms with E-state index in [0.29, 0.717) is 35.7 Å². The van der Waals surface area contributed by atoms with Crippen molar-refractivity contribution in [1.82, 2.24) is 19.9 Å². The van der Waals surface area contributed by atoms with Gasteiger partial charge in [-0.15, -0.1) is 0 Å². The van der Waals surface area contributed by atoms with Crippen LogP contribution in [0.5, 0.6) is 11.8 Å². The fourth-order valence-electron chi connectivity index (χ4n) is 7.46. The summed E-state index contributed by atoms with van der Waals surface area (Å²) in [5, 5.41) is 21.6. The Hall–Kier alpha value is -3.77. The van der Waals surface area contributed by atoms with E-state index in [-0.39, 0.29) is 65.9 Å². The Morgan fingerprint density at radius 1 is 1.11 bits per heavy atom. The summed E-state index contributed by atoms with van der Waals surface area (Å²) in [7, 11) is 0. The largest absolute Gasteiger partial charge is 0.508 e. The molecule has 8 nitrogen and oxygen atoms in total. The van der Waals surface area contributed by atoms with Crippen LogP contribution < -0.4 is 9.64 Å². The first-order valence-electron chi connectivity index (χ1n) is 15.1. The molecule has 4 aromatic rings. The van der Waals surface area contributed by atoms with E-state index < -0.39 is 35.6 Å². The normalized spacial score (nSPS) is 25.4. The van der Waals surface area contributed by atoms with Crippen LogP contribution in [0.15, 0.2) is 30.5 Å². The van der Waals surface area contributed by atoms with Crippen molar-refractivity contribution in [3.8, 4) is 23.0 Å². The lowest BCUT2D eigenvalue weighted by Crippen LogP contribution is -2.43. The minimum Gasteiger partial charge on any atom is -0.508 e. The molecule has 7 rings (SSSR count). The van der Waals surface area contributed by atoms with Crippen LogP contribution in [0.1, 0.15) is 38.2 Å². The summed E-state index contributed by atoms with van der Waals surface area (Å²) < 4.78 is 66.6. The number of alkyl halides is 2. The Kier molecular flexibility index (Phi) is 7.24. The minimum atomic E-state index is -1.23. The lowest BCUT2D eigenvalue weighted by atomic mass is 9.94. The smallest absolute Gasteiger partial charge is 0.319 e. The van der Waals surface area contributed by atoms with Gasteiger partial charge in [0.2, 0.25) is 0 Å². The van der Waals surface area contributed by atoms with E-state index in [2.05, 4.69) is 19.9 Å². The number of rotatable bonds is 7. The number of benzene rings is 2. The maximum Gasteiger partial charge on any atom is 0.319 e.